The number of hydrogen-bond donors (Lipinski definition) is 2. The summed E-state index contributed by atoms with van der Waals surface area (Å²) in [5.41, 5.74) is 0.298. The molecule has 6 nitrogen and oxygen atoms in total. The van der Waals surface area contributed by atoms with Gasteiger partial charge in [-0.1, -0.05) is 12.1 Å². The molecule has 0 radical (unpaired) electrons. The van der Waals surface area contributed by atoms with Crippen molar-refractivity contribution in [1.29, 1.82) is 0 Å². The molecular formula is C14H21N3O3S. The highest BCUT2D eigenvalue weighted by molar-refractivity contribution is 7.89. The highest BCUT2D eigenvalue weighted by atomic mass is 32.2. The number of likely N-dealkylation sites (N-methyl/N-ethyl adjacent to an activating group) is 1. The molecule has 0 aliphatic rings. The number of nitrogens with zero attached hydrogens (tertiary/aromatic N) is 1. The van der Waals surface area contributed by atoms with Crippen LogP contribution >= 0.6 is 0 Å². The van der Waals surface area contributed by atoms with Crippen molar-refractivity contribution < 1.29 is 13.2 Å². The molecule has 0 saturated heterocycles. The monoisotopic (exact) mass is 311 g/mol. The Balaban J connectivity index is 2.83. The molecule has 21 heavy (non-hydrogen) atoms. The van der Waals surface area contributed by atoms with Gasteiger partial charge in [-0.2, -0.15) is 0 Å². The van der Waals surface area contributed by atoms with E-state index in [4.69, 9.17) is 0 Å². The third kappa shape index (κ3) is 5.66. The average Bonchev–Trinajstić information content (AvgIpc) is 2.44. The topological polar surface area (TPSA) is 78.5 Å². The van der Waals surface area contributed by atoms with E-state index in [0.29, 0.717) is 25.2 Å². The number of carbonyl (C=O) groups is 1. The Morgan fingerprint density at radius 3 is 2.71 bits per heavy atom. The van der Waals surface area contributed by atoms with Crippen LogP contribution in [0.15, 0.2) is 41.8 Å². The van der Waals surface area contributed by atoms with Gasteiger partial charge in [0.2, 0.25) is 10.0 Å². The molecule has 0 atom stereocenters. The van der Waals surface area contributed by atoms with E-state index in [-0.39, 0.29) is 10.8 Å². The maximum Gasteiger partial charge on any atom is 0.251 e. The van der Waals surface area contributed by atoms with E-state index in [0.717, 1.165) is 0 Å². The molecule has 0 unspecified atom stereocenters. The first-order valence-electron chi connectivity index (χ1n) is 6.50. The van der Waals surface area contributed by atoms with Crippen LogP contribution in [0.2, 0.25) is 0 Å². The van der Waals surface area contributed by atoms with Crippen LogP contribution in [0.1, 0.15) is 10.4 Å². The molecular weight excluding hydrogens is 290 g/mol. The molecule has 0 heterocycles. The number of amides is 1. The smallest absolute Gasteiger partial charge is 0.251 e. The first-order chi connectivity index (χ1) is 9.86. The Hall–Kier alpha value is -1.70. The van der Waals surface area contributed by atoms with Gasteiger partial charge in [0.25, 0.3) is 5.91 Å². The van der Waals surface area contributed by atoms with Gasteiger partial charge in [0.15, 0.2) is 0 Å². The number of carbonyl (C=O) groups excluding carboxylic acids is 1. The fourth-order valence-corrected chi connectivity index (χ4v) is 2.62. The molecule has 0 bridgehead atoms. The van der Waals surface area contributed by atoms with Crippen molar-refractivity contribution in [3.05, 3.63) is 42.5 Å². The maximum absolute atomic E-state index is 12.1. The van der Waals surface area contributed by atoms with Crippen LogP contribution < -0.4 is 10.0 Å². The summed E-state index contributed by atoms with van der Waals surface area (Å²) in [7, 11) is 0.111. The van der Waals surface area contributed by atoms with Crippen LogP contribution in [-0.4, -0.2) is 53.0 Å². The van der Waals surface area contributed by atoms with Crippen LogP contribution in [0.4, 0.5) is 0 Å². The summed E-state index contributed by atoms with van der Waals surface area (Å²) in [5.74, 6) is -0.333. The van der Waals surface area contributed by atoms with Gasteiger partial charge in [-0.25, -0.2) is 13.1 Å². The summed E-state index contributed by atoms with van der Waals surface area (Å²) in [6.45, 7) is 4.74. The Kier molecular flexibility index (Phi) is 6.54. The molecule has 1 aromatic carbocycles. The predicted octanol–water partition coefficient (Wildman–Crippen LogP) is 0.442. The molecule has 1 aromatic rings. The van der Waals surface area contributed by atoms with Gasteiger partial charge in [0, 0.05) is 25.2 Å². The second-order valence-electron chi connectivity index (χ2n) is 4.73. The zero-order valence-corrected chi connectivity index (χ0v) is 13.1. The number of sulfonamides is 1. The summed E-state index contributed by atoms with van der Waals surface area (Å²) < 4.78 is 26.7. The summed E-state index contributed by atoms with van der Waals surface area (Å²) in [6.07, 6.45) is 1.56. The first kappa shape index (κ1) is 17.4. The summed E-state index contributed by atoms with van der Waals surface area (Å²) >= 11 is 0. The lowest BCUT2D eigenvalue weighted by Crippen LogP contribution is -2.31. The molecule has 1 rings (SSSR count). The molecule has 0 saturated carbocycles. The Morgan fingerprint density at radius 2 is 2.10 bits per heavy atom. The Labute approximate surface area is 125 Å². The van der Waals surface area contributed by atoms with Crippen molar-refractivity contribution >= 4 is 15.9 Å². The average molecular weight is 311 g/mol. The highest BCUT2D eigenvalue weighted by Gasteiger charge is 2.15. The number of hydrogen-bond acceptors (Lipinski definition) is 4. The lowest BCUT2D eigenvalue weighted by atomic mass is 10.2. The molecule has 0 aromatic heterocycles. The standard InChI is InChI=1S/C14H21N3O3S/c1-4-8-15-14(18)12-6-5-7-13(11-12)21(19,20)16-9-10-17(2)3/h4-7,11,16H,1,8-10H2,2-3H3,(H,15,18). The normalized spacial score (nSPS) is 11.4. The third-order valence-corrected chi connectivity index (χ3v) is 4.12. The van der Waals surface area contributed by atoms with Crippen molar-refractivity contribution in [1.82, 2.24) is 14.9 Å². The second-order valence-corrected chi connectivity index (χ2v) is 6.49. The lowest BCUT2D eigenvalue weighted by molar-refractivity contribution is 0.0958. The molecule has 0 spiro atoms. The fourth-order valence-electron chi connectivity index (χ4n) is 1.56. The van der Waals surface area contributed by atoms with Gasteiger partial charge < -0.3 is 10.2 Å². The predicted molar refractivity (Wildman–Crippen MR) is 82.7 cm³/mol. The van der Waals surface area contributed by atoms with Crippen LogP contribution in [0, 0.1) is 0 Å². The van der Waals surface area contributed by atoms with E-state index in [2.05, 4.69) is 16.6 Å². The minimum Gasteiger partial charge on any atom is -0.349 e. The minimum absolute atomic E-state index is 0.0764. The largest absolute Gasteiger partial charge is 0.349 e. The van der Waals surface area contributed by atoms with Crippen molar-refractivity contribution in [2.24, 2.45) is 0 Å². The number of benzene rings is 1. The van der Waals surface area contributed by atoms with Crippen molar-refractivity contribution in [3.63, 3.8) is 0 Å². The second kappa shape index (κ2) is 7.92. The molecule has 0 aliphatic carbocycles. The first-order valence-corrected chi connectivity index (χ1v) is 7.98. The molecule has 0 fully saturated rings. The quantitative estimate of drug-likeness (QED) is 0.683. The van der Waals surface area contributed by atoms with E-state index >= 15 is 0 Å². The van der Waals surface area contributed by atoms with Crippen LogP contribution in [0.3, 0.4) is 0 Å². The summed E-state index contributed by atoms with van der Waals surface area (Å²) in [6, 6.07) is 5.93. The number of rotatable bonds is 8. The maximum atomic E-state index is 12.1. The van der Waals surface area contributed by atoms with Crippen LogP contribution in [-0.2, 0) is 10.0 Å². The summed E-state index contributed by atoms with van der Waals surface area (Å²) in [5, 5.41) is 2.61. The van der Waals surface area contributed by atoms with E-state index in [1.54, 1.807) is 18.2 Å². The molecule has 2 N–H and O–H groups in total. The molecule has 1 amide bonds. The van der Waals surface area contributed by atoms with Gasteiger partial charge in [-0.15, -0.1) is 6.58 Å². The van der Waals surface area contributed by atoms with Gasteiger partial charge in [0.05, 0.1) is 4.90 Å². The van der Waals surface area contributed by atoms with Gasteiger partial charge in [-0.3, -0.25) is 4.79 Å². The Bertz CT molecular complexity index is 597. The highest BCUT2D eigenvalue weighted by Crippen LogP contribution is 2.11. The van der Waals surface area contributed by atoms with Crippen molar-refractivity contribution in [3.8, 4) is 0 Å². The molecule has 0 aliphatic heterocycles. The van der Waals surface area contributed by atoms with E-state index in [9.17, 15) is 13.2 Å². The molecule has 7 heteroatoms. The number of nitrogens with one attached hydrogen (secondary N) is 2. The van der Waals surface area contributed by atoms with Gasteiger partial charge in [-0.05, 0) is 32.3 Å². The van der Waals surface area contributed by atoms with Crippen molar-refractivity contribution in [2.45, 2.75) is 4.90 Å². The van der Waals surface area contributed by atoms with E-state index in [1.165, 1.54) is 12.1 Å². The van der Waals surface area contributed by atoms with E-state index < -0.39 is 10.0 Å². The molecule has 116 valence electrons. The minimum atomic E-state index is -3.61. The van der Waals surface area contributed by atoms with Crippen molar-refractivity contribution in [2.75, 3.05) is 33.7 Å². The van der Waals surface area contributed by atoms with Crippen LogP contribution in [0.5, 0.6) is 0 Å². The Morgan fingerprint density at radius 1 is 1.38 bits per heavy atom. The summed E-state index contributed by atoms with van der Waals surface area (Å²) in [4.78, 5) is 13.8. The zero-order valence-electron chi connectivity index (χ0n) is 12.3. The zero-order chi connectivity index (χ0) is 15.9. The van der Waals surface area contributed by atoms with Gasteiger partial charge >= 0.3 is 0 Å². The van der Waals surface area contributed by atoms with E-state index in [1.807, 2.05) is 19.0 Å². The SMILES string of the molecule is C=CCNC(=O)c1cccc(S(=O)(=O)NCCN(C)C)c1. The third-order valence-electron chi connectivity index (χ3n) is 2.66. The fraction of sp³-hybridized carbons (Fsp3) is 0.357. The lowest BCUT2D eigenvalue weighted by Gasteiger charge is -2.11. The van der Waals surface area contributed by atoms with Gasteiger partial charge in [0.1, 0.15) is 0 Å². The van der Waals surface area contributed by atoms with Crippen LogP contribution in [0.25, 0.3) is 0 Å².